The molecule has 154 valence electrons. The molecule has 2 aliphatic rings. The smallest absolute Gasteiger partial charge is 0.243 e. The average molecular weight is 402 g/mol. The van der Waals surface area contributed by atoms with Gasteiger partial charge < -0.3 is 19.7 Å². The van der Waals surface area contributed by atoms with E-state index < -0.39 is 6.17 Å². The Kier molecular flexibility index (Phi) is 4.76. The fraction of sp³-hybridized carbons (Fsp3) is 0.556. The van der Waals surface area contributed by atoms with Crippen LogP contribution in [0.1, 0.15) is 13.3 Å². The highest BCUT2D eigenvalue weighted by molar-refractivity contribution is 5.85. The van der Waals surface area contributed by atoms with Crippen LogP contribution >= 0.6 is 0 Å². The summed E-state index contributed by atoms with van der Waals surface area (Å²) in [5.74, 6) is 0.383. The van der Waals surface area contributed by atoms with Crippen molar-refractivity contribution in [2.45, 2.75) is 31.7 Å². The standard InChI is InChI=1S/C18H23FN8O2/c1-11-8-26(3-5-29-11)16-15(12-6-21-22-7-12)20-10-27-17(16)24-18(25-27)23-14-2-4-28-9-13(14)19/h6-7,10-11,13-14H,2-5,8-9H2,1H3,(H,21,22)(H,23,25)/t11-,13-,14+/m1/s1. The molecule has 3 aromatic heterocycles. The Morgan fingerprint density at radius 3 is 3.07 bits per heavy atom. The van der Waals surface area contributed by atoms with Gasteiger partial charge in [-0.3, -0.25) is 5.10 Å². The average Bonchev–Trinajstić information content (AvgIpc) is 3.38. The predicted octanol–water partition coefficient (Wildman–Crippen LogP) is 1.28. The number of nitrogens with zero attached hydrogens (tertiary/aromatic N) is 6. The van der Waals surface area contributed by atoms with E-state index in [-0.39, 0.29) is 18.8 Å². The highest BCUT2D eigenvalue weighted by atomic mass is 19.1. The Labute approximate surface area is 166 Å². The number of aromatic amines is 1. The number of halogens is 1. The molecule has 5 rings (SSSR count). The fourth-order valence-electron chi connectivity index (χ4n) is 3.84. The molecule has 11 heteroatoms. The van der Waals surface area contributed by atoms with E-state index in [2.05, 4.69) is 30.5 Å². The molecule has 2 fully saturated rings. The molecule has 0 bridgehead atoms. The third-order valence-corrected chi connectivity index (χ3v) is 5.29. The summed E-state index contributed by atoms with van der Waals surface area (Å²) >= 11 is 0. The van der Waals surface area contributed by atoms with E-state index in [9.17, 15) is 4.39 Å². The van der Waals surface area contributed by atoms with Crippen molar-refractivity contribution < 1.29 is 13.9 Å². The molecule has 2 aliphatic heterocycles. The predicted molar refractivity (Wildman–Crippen MR) is 104 cm³/mol. The van der Waals surface area contributed by atoms with Crippen molar-refractivity contribution in [2.75, 3.05) is 43.1 Å². The number of nitrogens with one attached hydrogen (secondary N) is 2. The molecule has 3 aromatic rings. The van der Waals surface area contributed by atoms with Crippen molar-refractivity contribution in [1.82, 2.24) is 29.8 Å². The number of H-pyrrole nitrogens is 1. The molecule has 2 N–H and O–H groups in total. The summed E-state index contributed by atoms with van der Waals surface area (Å²) in [6.45, 7) is 4.72. The fourth-order valence-corrected chi connectivity index (χ4v) is 3.84. The van der Waals surface area contributed by atoms with E-state index in [0.29, 0.717) is 37.8 Å². The first-order valence-electron chi connectivity index (χ1n) is 9.78. The summed E-state index contributed by atoms with van der Waals surface area (Å²) in [5, 5.41) is 14.5. The monoisotopic (exact) mass is 402 g/mol. The number of aromatic nitrogens is 6. The van der Waals surface area contributed by atoms with Gasteiger partial charge in [-0.1, -0.05) is 0 Å². The summed E-state index contributed by atoms with van der Waals surface area (Å²) < 4.78 is 26.7. The van der Waals surface area contributed by atoms with Gasteiger partial charge in [-0.05, 0) is 13.3 Å². The molecule has 0 aromatic carbocycles. The number of anilines is 2. The van der Waals surface area contributed by atoms with Crippen LogP contribution in [0.5, 0.6) is 0 Å². The molecule has 0 aliphatic carbocycles. The van der Waals surface area contributed by atoms with Crippen LogP contribution in [-0.4, -0.2) is 81.0 Å². The second-order valence-electron chi connectivity index (χ2n) is 7.39. The number of morpholine rings is 1. The number of ether oxygens (including phenoxy) is 2. The first-order chi connectivity index (χ1) is 14.2. The van der Waals surface area contributed by atoms with Crippen LogP contribution in [0.4, 0.5) is 16.0 Å². The van der Waals surface area contributed by atoms with Crippen molar-refractivity contribution in [3.05, 3.63) is 18.7 Å². The van der Waals surface area contributed by atoms with Gasteiger partial charge in [0.05, 0.1) is 31.6 Å². The van der Waals surface area contributed by atoms with Gasteiger partial charge in [0, 0.05) is 31.5 Å². The number of fused-ring (bicyclic) bond motifs is 1. The Morgan fingerprint density at radius 2 is 2.28 bits per heavy atom. The van der Waals surface area contributed by atoms with Gasteiger partial charge in [-0.25, -0.2) is 9.37 Å². The normalized spacial score (nSPS) is 25.4. The van der Waals surface area contributed by atoms with Crippen molar-refractivity contribution in [1.29, 1.82) is 0 Å². The first-order valence-corrected chi connectivity index (χ1v) is 9.78. The topological polar surface area (TPSA) is 105 Å². The summed E-state index contributed by atoms with van der Waals surface area (Å²) in [6.07, 6.45) is 4.74. The quantitative estimate of drug-likeness (QED) is 0.672. The highest BCUT2D eigenvalue weighted by Gasteiger charge is 2.28. The van der Waals surface area contributed by atoms with E-state index in [1.54, 1.807) is 23.2 Å². The van der Waals surface area contributed by atoms with Crippen LogP contribution in [0.25, 0.3) is 16.9 Å². The second-order valence-corrected chi connectivity index (χ2v) is 7.39. The molecule has 2 saturated heterocycles. The molecule has 10 nitrogen and oxygen atoms in total. The van der Waals surface area contributed by atoms with Crippen LogP contribution in [0.3, 0.4) is 0 Å². The van der Waals surface area contributed by atoms with Crippen LogP contribution in [0, 0.1) is 0 Å². The van der Waals surface area contributed by atoms with Gasteiger partial charge >= 0.3 is 0 Å². The maximum absolute atomic E-state index is 14.2. The Hall–Kier alpha value is -2.79. The number of hydrogen-bond acceptors (Lipinski definition) is 8. The molecule has 0 spiro atoms. The van der Waals surface area contributed by atoms with Crippen LogP contribution in [-0.2, 0) is 9.47 Å². The molecule has 3 atom stereocenters. The van der Waals surface area contributed by atoms with E-state index >= 15 is 0 Å². The highest BCUT2D eigenvalue weighted by Crippen LogP contribution is 2.33. The number of rotatable bonds is 4. The molecular weight excluding hydrogens is 379 g/mol. The Morgan fingerprint density at radius 1 is 1.34 bits per heavy atom. The van der Waals surface area contributed by atoms with E-state index in [0.717, 1.165) is 23.5 Å². The number of alkyl halides is 1. The van der Waals surface area contributed by atoms with Gasteiger partial charge in [-0.15, -0.1) is 5.10 Å². The summed E-state index contributed by atoms with van der Waals surface area (Å²) in [7, 11) is 0. The van der Waals surface area contributed by atoms with Gasteiger partial charge in [0.25, 0.3) is 0 Å². The summed E-state index contributed by atoms with van der Waals surface area (Å²) in [5.41, 5.74) is 3.17. The van der Waals surface area contributed by atoms with Crippen molar-refractivity contribution in [3.8, 4) is 11.3 Å². The van der Waals surface area contributed by atoms with Gasteiger partial charge in [-0.2, -0.15) is 14.6 Å². The van der Waals surface area contributed by atoms with Crippen LogP contribution < -0.4 is 10.2 Å². The zero-order chi connectivity index (χ0) is 19.8. The maximum atomic E-state index is 14.2. The Balaban J connectivity index is 1.56. The first kappa shape index (κ1) is 18.3. The maximum Gasteiger partial charge on any atom is 0.243 e. The zero-order valence-electron chi connectivity index (χ0n) is 16.1. The summed E-state index contributed by atoms with van der Waals surface area (Å²) in [6, 6.07) is -0.366. The van der Waals surface area contributed by atoms with Gasteiger partial charge in [0.2, 0.25) is 5.95 Å². The molecule has 0 amide bonds. The second kappa shape index (κ2) is 7.56. The van der Waals surface area contributed by atoms with E-state index in [1.165, 1.54) is 0 Å². The largest absolute Gasteiger partial charge is 0.378 e. The lowest BCUT2D eigenvalue weighted by Crippen LogP contribution is -2.41. The van der Waals surface area contributed by atoms with E-state index in [4.69, 9.17) is 14.5 Å². The minimum Gasteiger partial charge on any atom is -0.378 e. The van der Waals surface area contributed by atoms with Crippen LogP contribution in [0.2, 0.25) is 0 Å². The minimum atomic E-state index is -1.09. The molecule has 5 heterocycles. The van der Waals surface area contributed by atoms with Gasteiger partial charge in [0.15, 0.2) is 5.65 Å². The third kappa shape index (κ3) is 3.51. The van der Waals surface area contributed by atoms with Gasteiger partial charge in [0.1, 0.15) is 23.9 Å². The molecular formula is C18H23FN8O2. The Bertz CT molecular complexity index is 978. The third-order valence-electron chi connectivity index (χ3n) is 5.29. The SMILES string of the molecule is C[C@@H]1CN(c2c(-c3cn[nH]c3)ncn3nc(N[C@H]4CCOC[C@H]4F)nc23)CCO1. The summed E-state index contributed by atoms with van der Waals surface area (Å²) in [4.78, 5) is 11.5. The van der Waals surface area contributed by atoms with E-state index in [1.807, 2.05) is 6.92 Å². The lowest BCUT2D eigenvalue weighted by molar-refractivity contribution is 0.0284. The molecule has 0 radical (unpaired) electrons. The number of hydrogen-bond donors (Lipinski definition) is 2. The lowest BCUT2D eigenvalue weighted by Gasteiger charge is -2.33. The molecule has 0 unspecified atom stereocenters. The zero-order valence-corrected chi connectivity index (χ0v) is 16.1. The van der Waals surface area contributed by atoms with Crippen molar-refractivity contribution >= 4 is 17.3 Å². The minimum absolute atomic E-state index is 0.0914. The van der Waals surface area contributed by atoms with Crippen molar-refractivity contribution in [3.63, 3.8) is 0 Å². The molecule has 0 saturated carbocycles. The van der Waals surface area contributed by atoms with Crippen molar-refractivity contribution in [2.24, 2.45) is 0 Å². The lowest BCUT2D eigenvalue weighted by atomic mass is 10.1. The van der Waals surface area contributed by atoms with Crippen LogP contribution in [0.15, 0.2) is 18.7 Å². The molecule has 29 heavy (non-hydrogen) atoms.